The van der Waals surface area contributed by atoms with Crippen LogP contribution >= 0.6 is 34.9 Å². The normalized spacial score (nSPS) is 11.1. The molecule has 0 saturated heterocycles. The molecule has 1 aromatic carbocycles. The van der Waals surface area contributed by atoms with Gasteiger partial charge in [-0.25, -0.2) is 8.42 Å². The van der Waals surface area contributed by atoms with Gasteiger partial charge in [0.25, 0.3) is 0 Å². The largest absolute Gasteiger partial charge is 0.468 e. The molecule has 9 nitrogen and oxygen atoms in total. The second kappa shape index (κ2) is 10.1. The first kappa shape index (κ1) is 22.5. The number of nitrogens with one attached hydrogen (secondary N) is 1. The average molecular weight is 463 g/mol. The molecule has 13 heteroatoms. The molecule has 0 aliphatic carbocycles. The Balaban J connectivity index is 2.06. The van der Waals surface area contributed by atoms with Gasteiger partial charge in [-0.3, -0.25) is 19.2 Å². The molecule has 0 saturated carbocycles. The number of benzene rings is 1. The van der Waals surface area contributed by atoms with Gasteiger partial charge in [-0.2, -0.15) is 0 Å². The summed E-state index contributed by atoms with van der Waals surface area (Å²) in [6, 6.07) is 6.91. The number of nitrogens with zero attached hydrogens (tertiary/aromatic N) is 3. The molecule has 152 valence electrons. The predicted octanol–water partition coefficient (Wildman–Crippen LogP) is 1.93. The molecule has 1 heterocycles. The smallest absolute Gasteiger partial charge is 0.316 e. The lowest BCUT2D eigenvalue weighted by Gasteiger charge is -2.22. The molecule has 0 fully saturated rings. The number of hydrogen-bond donors (Lipinski definition) is 1. The number of thioether (sulfide) groups is 2. The van der Waals surface area contributed by atoms with E-state index in [1.54, 1.807) is 18.2 Å². The predicted molar refractivity (Wildman–Crippen MR) is 112 cm³/mol. The van der Waals surface area contributed by atoms with Crippen molar-refractivity contribution in [2.75, 3.05) is 41.5 Å². The van der Waals surface area contributed by atoms with E-state index < -0.39 is 28.4 Å². The highest BCUT2D eigenvalue weighted by molar-refractivity contribution is 8.01. The second-order valence-electron chi connectivity index (χ2n) is 5.26. The average Bonchev–Trinajstić information content (AvgIpc) is 3.10. The van der Waals surface area contributed by atoms with E-state index in [-0.39, 0.29) is 10.9 Å². The van der Waals surface area contributed by atoms with Crippen molar-refractivity contribution >= 4 is 67.6 Å². The Bertz CT molecular complexity index is 947. The number of carbonyl (C=O) groups is 2. The van der Waals surface area contributed by atoms with Crippen LogP contribution in [0.5, 0.6) is 0 Å². The summed E-state index contributed by atoms with van der Waals surface area (Å²) in [7, 11) is -2.38. The fourth-order valence-corrected chi connectivity index (χ4v) is 4.86. The zero-order valence-corrected chi connectivity index (χ0v) is 18.5. The van der Waals surface area contributed by atoms with Gasteiger partial charge < -0.3 is 4.74 Å². The molecule has 0 bridgehead atoms. The summed E-state index contributed by atoms with van der Waals surface area (Å²) in [4.78, 5) is 24.4. The SMILES string of the molecule is COC(=O)CSc1nnc(NC(=O)CN(c2cccc(SC)c2)S(C)(=O)=O)s1. The lowest BCUT2D eigenvalue weighted by molar-refractivity contribution is -0.137. The number of rotatable bonds is 9. The molecule has 0 aliphatic heterocycles. The van der Waals surface area contributed by atoms with Crippen LogP contribution in [0.4, 0.5) is 10.8 Å². The molecule has 0 radical (unpaired) electrons. The highest BCUT2D eigenvalue weighted by Gasteiger charge is 2.22. The number of sulfonamides is 1. The van der Waals surface area contributed by atoms with Crippen LogP contribution in [0.1, 0.15) is 0 Å². The van der Waals surface area contributed by atoms with Gasteiger partial charge in [-0.1, -0.05) is 29.2 Å². The fraction of sp³-hybridized carbons (Fsp3) is 0.333. The van der Waals surface area contributed by atoms with E-state index in [0.29, 0.717) is 10.0 Å². The number of methoxy groups -OCH3 is 1. The number of amides is 1. The third kappa shape index (κ3) is 6.65. The van der Waals surface area contributed by atoms with Crippen molar-refractivity contribution in [1.29, 1.82) is 0 Å². The molecular formula is C15H18N4O5S4. The summed E-state index contributed by atoms with van der Waals surface area (Å²) < 4.78 is 30.4. The zero-order chi connectivity index (χ0) is 20.7. The van der Waals surface area contributed by atoms with Gasteiger partial charge in [-0.15, -0.1) is 22.0 Å². The second-order valence-corrected chi connectivity index (χ2v) is 10.2. The minimum atomic E-state index is -3.67. The highest BCUT2D eigenvalue weighted by Crippen LogP contribution is 2.26. The maximum Gasteiger partial charge on any atom is 0.316 e. The molecule has 28 heavy (non-hydrogen) atoms. The summed E-state index contributed by atoms with van der Waals surface area (Å²) in [5, 5.41) is 10.4. The van der Waals surface area contributed by atoms with Crippen LogP contribution in [0, 0.1) is 0 Å². The molecule has 0 atom stereocenters. The Kier molecular flexibility index (Phi) is 8.10. The van der Waals surface area contributed by atoms with Gasteiger partial charge in [0.05, 0.1) is 24.8 Å². The van der Waals surface area contributed by atoms with Crippen LogP contribution in [0.3, 0.4) is 0 Å². The number of aromatic nitrogens is 2. The van der Waals surface area contributed by atoms with Crippen LogP contribution in [-0.2, 0) is 24.3 Å². The van der Waals surface area contributed by atoms with Crippen molar-refractivity contribution in [3.63, 3.8) is 0 Å². The third-order valence-corrected chi connectivity index (χ3v) is 7.03. The molecule has 0 unspecified atom stereocenters. The van der Waals surface area contributed by atoms with E-state index in [4.69, 9.17) is 0 Å². The van der Waals surface area contributed by atoms with Crippen molar-refractivity contribution in [2.24, 2.45) is 0 Å². The van der Waals surface area contributed by atoms with Crippen molar-refractivity contribution in [3.8, 4) is 0 Å². The summed E-state index contributed by atoms with van der Waals surface area (Å²) >= 11 is 3.68. The number of esters is 1. The summed E-state index contributed by atoms with van der Waals surface area (Å²) in [5.41, 5.74) is 0.399. The van der Waals surface area contributed by atoms with Crippen LogP contribution in [-0.4, -0.2) is 62.4 Å². The van der Waals surface area contributed by atoms with Gasteiger partial charge in [0.1, 0.15) is 6.54 Å². The lowest BCUT2D eigenvalue weighted by atomic mass is 10.3. The van der Waals surface area contributed by atoms with Crippen LogP contribution in [0.2, 0.25) is 0 Å². The van der Waals surface area contributed by atoms with Crippen LogP contribution in [0.25, 0.3) is 0 Å². The van der Waals surface area contributed by atoms with E-state index >= 15 is 0 Å². The van der Waals surface area contributed by atoms with Gasteiger partial charge in [0.15, 0.2) is 4.34 Å². The first-order valence-corrected chi connectivity index (χ1v) is 12.5. The topological polar surface area (TPSA) is 119 Å². The van der Waals surface area contributed by atoms with Crippen molar-refractivity contribution in [1.82, 2.24) is 10.2 Å². The molecule has 1 aromatic heterocycles. The summed E-state index contributed by atoms with van der Waals surface area (Å²) in [5.74, 6) is -0.880. The maximum absolute atomic E-state index is 12.4. The van der Waals surface area contributed by atoms with E-state index in [1.165, 1.54) is 18.9 Å². The van der Waals surface area contributed by atoms with E-state index in [0.717, 1.165) is 38.6 Å². The van der Waals surface area contributed by atoms with Gasteiger partial charge in [0.2, 0.25) is 21.1 Å². The lowest BCUT2D eigenvalue weighted by Crippen LogP contribution is -2.37. The first-order chi connectivity index (χ1) is 13.2. The Labute approximate surface area is 175 Å². The highest BCUT2D eigenvalue weighted by atomic mass is 32.2. The standard InChI is InChI=1S/C15H18N4O5S4/c1-24-13(21)9-26-15-18-17-14(27-15)16-12(20)8-19(28(3,22)23)10-5-4-6-11(7-10)25-2/h4-7H,8-9H2,1-3H3,(H,16,17,20). The van der Waals surface area contributed by atoms with Crippen molar-refractivity contribution in [2.45, 2.75) is 9.24 Å². The molecule has 1 N–H and O–H groups in total. The molecule has 0 aliphatic rings. The number of ether oxygens (including phenoxy) is 1. The zero-order valence-electron chi connectivity index (χ0n) is 15.2. The molecule has 0 spiro atoms. The third-order valence-electron chi connectivity index (χ3n) is 3.22. The van der Waals surface area contributed by atoms with Crippen molar-refractivity contribution < 1.29 is 22.7 Å². The maximum atomic E-state index is 12.4. The Morgan fingerprint density at radius 2 is 2.07 bits per heavy atom. The minimum absolute atomic E-state index is 0.0761. The Morgan fingerprint density at radius 3 is 2.71 bits per heavy atom. The fourth-order valence-electron chi connectivity index (χ4n) is 1.95. The number of carbonyl (C=O) groups excluding carboxylic acids is 2. The Morgan fingerprint density at radius 1 is 1.32 bits per heavy atom. The Hall–Kier alpha value is -1.83. The molecule has 1 amide bonds. The minimum Gasteiger partial charge on any atom is -0.468 e. The molecular weight excluding hydrogens is 444 g/mol. The van der Waals surface area contributed by atoms with Crippen LogP contribution in [0.15, 0.2) is 33.5 Å². The molecule has 2 rings (SSSR count). The number of anilines is 2. The monoisotopic (exact) mass is 462 g/mol. The number of hydrogen-bond acceptors (Lipinski definition) is 10. The van der Waals surface area contributed by atoms with E-state index in [2.05, 4.69) is 20.3 Å². The quantitative estimate of drug-likeness (QED) is 0.339. The van der Waals surface area contributed by atoms with E-state index in [1.807, 2.05) is 12.3 Å². The van der Waals surface area contributed by atoms with Gasteiger partial charge in [0, 0.05) is 4.90 Å². The van der Waals surface area contributed by atoms with Crippen molar-refractivity contribution in [3.05, 3.63) is 24.3 Å². The summed E-state index contributed by atoms with van der Waals surface area (Å²) in [6.45, 7) is -0.402. The first-order valence-electron chi connectivity index (χ1n) is 7.67. The van der Waals surface area contributed by atoms with Crippen LogP contribution < -0.4 is 9.62 Å². The van der Waals surface area contributed by atoms with E-state index in [9.17, 15) is 18.0 Å². The van der Waals surface area contributed by atoms with Gasteiger partial charge >= 0.3 is 5.97 Å². The summed E-state index contributed by atoms with van der Waals surface area (Å²) in [6.07, 6.45) is 2.92. The molecule has 2 aromatic rings. The van der Waals surface area contributed by atoms with Gasteiger partial charge in [-0.05, 0) is 24.5 Å².